The summed E-state index contributed by atoms with van der Waals surface area (Å²) in [6, 6.07) is 2.62. The lowest BCUT2D eigenvalue weighted by Crippen LogP contribution is -2.28. The lowest BCUT2D eigenvalue weighted by Gasteiger charge is -2.10. The first-order valence-corrected chi connectivity index (χ1v) is 10.2. The van der Waals surface area contributed by atoms with Crippen molar-refractivity contribution in [3.8, 4) is 10.6 Å². The standard InChI is InChI=1S/C16H13Br2F3N4OS/c1-7(2)5-22-15(26)13-12(18)14-23-9(10-3-8(17)6-27-10)4-11(16(19,20)21)25(14)24-13/h3-4,6-7H,5H2,1-2H3,(H,22,26). The van der Waals surface area contributed by atoms with Crippen molar-refractivity contribution in [2.45, 2.75) is 20.0 Å². The number of nitrogens with zero attached hydrogens (tertiary/aromatic N) is 3. The average Bonchev–Trinajstić information content (AvgIpc) is 3.15. The number of nitrogens with one attached hydrogen (secondary N) is 1. The lowest BCUT2D eigenvalue weighted by atomic mass is 10.2. The highest BCUT2D eigenvalue weighted by molar-refractivity contribution is 9.11. The van der Waals surface area contributed by atoms with Crippen LogP contribution in [0.2, 0.25) is 0 Å². The summed E-state index contributed by atoms with van der Waals surface area (Å²) in [5.74, 6) is -0.368. The van der Waals surface area contributed by atoms with Gasteiger partial charge in [0, 0.05) is 16.4 Å². The van der Waals surface area contributed by atoms with Gasteiger partial charge in [0.2, 0.25) is 0 Å². The van der Waals surface area contributed by atoms with E-state index < -0.39 is 17.8 Å². The van der Waals surface area contributed by atoms with Crippen LogP contribution in [0.1, 0.15) is 30.0 Å². The first-order chi connectivity index (χ1) is 12.6. The van der Waals surface area contributed by atoms with Crippen LogP contribution in [0.5, 0.6) is 0 Å². The minimum Gasteiger partial charge on any atom is -0.350 e. The number of hydrogen-bond acceptors (Lipinski definition) is 4. The molecule has 0 fully saturated rings. The van der Waals surface area contributed by atoms with E-state index in [1.54, 1.807) is 11.4 Å². The summed E-state index contributed by atoms with van der Waals surface area (Å²) in [5, 5.41) is 8.27. The van der Waals surface area contributed by atoms with Crippen LogP contribution in [-0.4, -0.2) is 27.0 Å². The van der Waals surface area contributed by atoms with Crippen molar-refractivity contribution in [3.05, 3.63) is 37.8 Å². The molecule has 3 aromatic heterocycles. The summed E-state index contributed by atoms with van der Waals surface area (Å²) in [4.78, 5) is 17.2. The molecule has 0 atom stereocenters. The van der Waals surface area contributed by atoms with Crippen molar-refractivity contribution in [3.63, 3.8) is 0 Å². The molecule has 0 saturated heterocycles. The zero-order valence-corrected chi connectivity index (χ0v) is 18.1. The summed E-state index contributed by atoms with van der Waals surface area (Å²) >= 11 is 7.74. The van der Waals surface area contributed by atoms with E-state index in [4.69, 9.17) is 0 Å². The molecule has 1 amide bonds. The fraction of sp³-hybridized carbons (Fsp3) is 0.312. The third kappa shape index (κ3) is 4.19. The first kappa shape index (κ1) is 20.3. The van der Waals surface area contributed by atoms with Crippen LogP contribution in [0.4, 0.5) is 13.2 Å². The van der Waals surface area contributed by atoms with E-state index in [-0.39, 0.29) is 27.4 Å². The number of carbonyl (C=O) groups excluding carboxylic acids is 1. The van der Waals surface area contributed by atoms with Crippen LogP contribution in [0, 0.1) is 5.92 Å². The van der Waals surface area contributed by atoms with Gasteiger partial charge in [0.15, 0.2) is 17.0 Å². The van der Waals surface area contributed by atoms with E-state index in [2.05, 4.69) is 47.3 Å². The second-order valence-electron chi connectivity index (χ2n) is 6.16. The Bertz CT molecular complexity index is 1010. The van der Waals surface area contributed by atoms with Crippen molar-refractivity contribution in [1.29, 1.82) is 0 Å². The Balaban J connectivity index is 2.18. The number of fused-ring (bicyclic) bond motifs is 1. The highest BCUT2D eigenvalue weighted by Crippen LogP contribution is 2.36. The molecule has 144 valence electrons. The second kappa shape index (κ2) is 7.51. The molecule has 3 rings (SSSR count). The van der Waals surface area contributed by atoms with Crippen molar-refractivity contribution in [1.82, 2.24) is 19.9 Å². The molecule has 0 saturated carbocycles. The van der Waals surface area contributed by atoms with E-state index >= 15 is 0 Å². The third-order valence-electron chi connectivity index (χ3n) is 3.53. The molecule has 0 bridgehead atoms. The van der Waals surface area contributed by atoms with Crippen LogP contribution in [0.3, 0.4) is 0 Å². The van der Waals surface area contributed by atoms with Crippen LogP contribution in [0.25, 0.3) is 16.2 Å². The van der Waals surface area contributed by atoms with Gasteiger partial charge in [-0.25, -0.2) is 9.50 Å². The van der Waals surface area contributed by atoms with E-state index in [1.165, 1.54) is 11.3 Å². The molecule has 27 heavy (non-hydrogen) atoms. The Morgan fingerprint density at radius 1 is 1.33 bits per heavy atom. The normalized spacial score (nSPS) is 12.1. The largest absolute Gasteiger partial charge is 0.433 e. The third-order valence-corrected chi connectivity index (χ3v) is 5.97. The van der Waals surface area contributed by atoms with Gasteiger partial charge in [-0.1, -0.05) is 13.8 Å². The predicted octanol–water partition coefficient (Wildman–Crippen LogP) is 5.39. The SMILES string of the molecule is CC(C)CNC(=O)c1nn2c(C(F)(F)F)cc(-c3cc(Br)cs3)nc2c1Br. The van der Waals surface area contributed by atoms with Gasteiger partial charge in [0.05, 0.1) is 15.0 Å². The Morgan fingerprint density at radius 3 is 2.59 bits per heavy atom. The molecule has 11 heteroatoms. The highest BCUT2D eigenvalue weighted by Gasteiger charge is 2.36. The van der Waals surface area contributed by atoms with Crippen molar-refractivity contribution < 1.29 is 18.0 Å². The Morgan fingerprint density at radius 2 is 2.04 bits per heavy atom. The topological polar surface area (TPSA) is 59.3 Å². The zero-order chi connectivity index (χ0) is 19.9. The molecule has 3 aromatic rings. The average molecular weight is 526 g/mol. The Labute approximate surface area is 173 Å². The molecule has 0 unspecified atom stereocenters. The van der Waals surface area contributed by atoms with Gasteiger partial charge in [-0.05, 0) is 49.9 Å². The van der Waals surface area contributed by atoms with Crippen LogP contribution < -0.4 is 5.32 Å². The number of hydrogen-bond donors (Lipinski definition) is 1. The van der Waals surface area contributed by atoms with Gasteiger partial charge in [-0.3, -0.25) is 4.79 Å². The van der Waals surface area contributed by atoms with Gasteiger partial charge in [0.25, 0.3) is 5.91 Å². The molecule has 3 heterocycles. The number of alkyl halides is 3. The summed E-state index contributed by atoms with van der Waals surface area (Å²) in [6.45, 7) is 4.20. The molecule has 0 spiro atoms. The summed E-state index contributed by atoms with van der Waals surface area (Å²) in [6.07, 6.45) is -4.67. The van der Waals surface area contributed by atoms with Crippen molar-refractivity contribution >= 4 is 54.8 Å². The van der Waals surface area contributed by atoms with Gasteiger partial charge in [-0.2, -0.15) is 18.3 Å². The molecular weight excluding hydrogens is 513 g/mol. The molecular formula is C16H13Br2F3N4OS. The maximum atomic E-state index is 13.6. The maximum Gasteiger partial charge on any atom is 0.433 e. The molecule has 5 nitrogen and oxygen atoms in total. The smallest absolute Gasteiger partial charge is 0.350 e. The van der Waals surface area contributed by atoms with E-state index in [1.807, 2.05) is 13.8 Å². The Hall–Kier alpha value is -1.46. The fourth-order valence-electron chi connectivity index (χ4n) is 2.29. The quantitative estimate of drug-likeness (QED) is 0.497. The van der Waals surface area contributed by atoms with Crippen LogP contribution >= 0.6 is 43.2 Å². The van der Waals surface area contributed by atoms with Gasteiger partial charge >= 0.3 is 6.18 Å². The second-order valence-corrected chi connectivity index (χ2v) is 8.78. The molecule has 0 radical (unpaired) electrons. The first-order valence-electron chi connectivity index (χ1n) is 7.77. The molecule has 0 aliphatic heterocycles. The maximum absolute atomic E-state index is 13.6. The van der Waals surface area contributed by atoms with Crippen LogP contribution in [0.15, 0.2) is 26.5 Å². The monoisotopic (exact) mass is 524 g/mol. The van der Waals surface area contributed by atoms with Gasteiger partial charge < -0.3 is 5.32 Å². The number of halogens is 5. The van der Waals surface area contributed by atoms with E-state index in [0.29, 0.717) is 15.9 Å². The predicted molar refractivity (Wildman–Crippen MR) is 104 cm³/mol. The number of carbonyl (C=O) groups is 1. The summed E-state index contributed by atoms with van der Waals surface area (Å²) < 4.78 is 42.3. The summed E-state index contributed by atoms with van der Waals surface area (Å²) in [7, 11) is 0. The number of rotatable bonds is 4. The van der Waals surface area contributed by atoms with E-state index in [9.17, 15) is 18.0 Å². The molecule has 0 aliphatic carbocycles. The van der Waals surface area contributed by atoms with Crippen LogP contribution in [-0.2, 0) is 6.18 Å². The molecule has 1 N–H and O–H groups in total. The fourth-order valence-corrected chi connectivity index (χ4v) is 4.20. The zero-order valence-electron chi connectivity index (χ0n) is 14.1. The number of aromatic nitrogens is 3. The van der Waals surface area contributed by atoms with Crippen molar-refractivity contribution in [2.24, 2.45) is 5.92 Å². The van der Waals surface area contributed by atoms with Gasteiger partial charge in [0.1, 0.15) is 0 Å². The molecule has 0 aromatic carbocycles. The minimum atomic E-state index is -4.67. The van der Waals surface area contributed by atoms with E-state index in [0.717, 1.165) is 10.5 Å². The highest BCUT2D eigenvalue weighted by atomic mass is 79.9. The minimum absolute atomic E-state index is 0.0703. The molecule has 0 aliphatic rings. The number of thiophene rings is 1. The lowest BCUT2D eigenvalue weighted by molar-refractivity contribution is -0.142. The van der Waals surface area contributed by atoms with Crippen molar-refractivity contribution in [2.75, 3.05) is 6.54 Å². The van der Waals surface area contributed by atoms with Gasteiger partial charge in [-0.15, -0.1) is 11.3 Å². The Kier molecular flexibility index (Phi) is 5.64. The number of amides is 1. The summed E-state index contributed by atoms with van der Waals surface area (Å²) in [5.41, 5.74) is -1.06.